The highest BCUT2D eigenvalue weighted by molar-refractivity contribution is 7.84. The Bertz CT molecular complexity index is 919. The van der Waals surface area contributed by atoms with E-state index in [1.165, 1.54) is 0 Å². The van der Waals surface area contributed by atoms with Gasteiger partial charge in [-0.25, -0.2) is 4.79 Å². The number of benzene rings is 2. The van der Waals surface area contributed by atoms with Crippen molar-refractivity contribution < 1.29 is 13.7 Å². The van der Waals surface area contributed by atoms with Crippen molar-refractivity contribution in [2.75, 3.05) is 12.9 Å². The number of nitrogens with one attached hydrogen (secondary N) is 1. The largest absolute Gasteiger partial charge is 0.461 e. The number of rotatable bonds is 5. The maximum Gasteiger partial charge on any atom is 0.361 e. The van der Waals surface area contributed by atoms with Gasteiger partial charge in [0.15, 0.2) is 5.69 Å². The zero-order valence-corrected chi connectivity index (χ0v) is 14.7. The summed E-state index contributed by atoms with van der Waals surface area (Å²) in [4.78, 5) is 12.7. The molecule has 7 heteroatoms. The van der Waals surface area contributed by atoms with Crippen LogP contribution in [0.15, 0.2) is 53.4 Å². The minimum Gasteiger partial charge on any atom is -0.461 e. The summed E-state index contributed by atoms with van der Waals surface area (Å²) in [7, 11) is -1.08. The molecule has 0 saturated carbocycles. The summed E-state index contributed by atoms with van der Waals surface area (Å²) >= 11 is 0. The molecule has 3 aromatic rings. The van der Waals surface area contributed by atoms with E-state index in [-0.39, 0.29) is 12.3 Å². The standard InChI is InChI=1S/C18H17N3O3S/c1-3-24-18(22)17-16(19-21-20-17)13-10-8-12(9-11-13)14-6-4-5-7-15(14)25(2)23/h4-11H,3H2,1-2H3,(H,19,20,21). The molecule has 128 valence electrons. The molecule has 0 saturated heterocycles. The lowest BCUT2D eigenvalue weighted by Crippen LogP contribution is -2.06. The third-order valence-corrected chi connectivity index (χ3v) is 4.66. The monoisotopic (exact) mass is 355 g/mol. The lowest BCUT2D eigenvalue weighted by atomic mass is 10.0. The number of hydrogen-bond donors (Lipinski definition) is 1. The summed E-state index contributed by atoms with van der Waals surface area (Å²) in [6.45, 7) is 2.01. The van der Waals surface area contributed by atoms with Gasteiger partial charge in [0, 0.05) is 16.7 Å². The van der Waals surface area contributed by atoms with Crippen LogP contribution in [0.3, 0.4) is 0 Å². The molecular formula is C18H17N3O3S. The third-order valence-electron chi connectivity index (χ3n) is 3.68. The summed E-state index contributed by atoms with van der Waals surface area (Å²) in [5.41, 5.74) is 3.20. The van der Waals surface area contributed by atoms with Gasteiger partial charge in [-0.2, -0.15) is 10.3 Å². The van der Waals surface area contributed by atoms with Crippen molar-refractivity contribution in [2.45, 2.75) is 11.8 Å². The topological polar surface area (TPSA) is 84.9 Å². The highest BCUT2D eigenvalue weighted by Crippen LogP contribution is 2.28. The van der Waals surface area contributed by atoms with E-state index >= 15 is 0 Å². The predicted octanol–water partition coefficient (Wildman–Crippen LogP) is 3.05. The lowest BCUT2D eigenvalue weighted by Gasteiger charge is -2.08. The van der Waals surface area contributed by atoms with Crippen LogP contribution in [0, 0.1) is 0 Å². The van der Waals surface area contributed by atoms with E-state index in [4.69, 9.17) is 4.74 Å². The Labute approximate surface area is 147 Å². The smallest absolute Gasteiger partial charge is 0.361 e. The van der Waals surface area contributed by atoms with Crippen molar-refractivity contribution >= 4 is 16.8 Å². The molecule has 1 unspecified atom stereocenters. The molecule has 0 amide bonds. The van der Waals surface area contributed by atoms with Gasteiger partial charge in [-0.3, -0.25) is 4.21 Å². The molecular weight excluding hydrogens is 338 g/mol. The first-order chi connectivity index (χ1) is 12.1. The average Bonchev–Trinajstić information content (AvgIpc) is 3.12. The van der Waals surface area contributed by atoms with Crippen LogP contribution in [0.25, 0.3) is 22.4 Å². The molecule has 1 N–H and O–H groups in total. The average molecular weight is 355 g/mol. The van der Waals surface area contributed by atoms with Crippen LogP contribution < -0.4 is 0 Å². The maximum atomic E-state index is 11.9. The first kappa shape index (κ1) is 17.0. The Morgan fingerprint density at radius 1 is 1.08 bits per heavy atom. The molecule has 0 radical (unpaired) electrons. The summed E-state index contributed by atoms with van der Waals surface area (Å²) < 4.78 is 16.9. The van der Waals surface area contributed by atoms with Crippen LogP contribution >= 0.6 is 0 Å². The number of aromatic amines is 1. The van der Waals surface area contributed by atoms with Crippen LogP contribution in [0.5, 0.6) is 0 Å². The van der Waals surface area contributed by atoms with E-state index in [1.54, 1.807) is 13.2 Å². The van der Waals surface area contributed by atoms with Crippen molar-refractivity contribution in [2.24, 2.45) is 0 Å². The van der Waals surface area contributed by atoms with Gasteiger partial charge in [0.25, 0.3) is 0 Å². The van der Waals surface area contributed by atoms with Crippen molar-refractivity contribution in [1.82, 2.24) is 15.4 Å². The Kier molecular flexibility index (Phi) is 5.04. The SMILES string of the molecule is CCOC(=O)c1n[nH]nc1-c1ccc(-c2ccccc2S(C)=O)cc1. The zero-order chi connectivity index (χ0) is 17.8. The Balaban J connectivity index is 1.96. The highest BCUT2D eigenvalue weighted by Gasteiger charge is 2.19. The molecule has 25 heavy (non-hydrogen) atoms. The molecule has 6 nitrogen and oxygen atoms in total. The molecule has 0 spiro atoms. The highest BCUT2D eigenvalue weighted by atomic mass is 32.2. The summed E-state index contributed by atoms with van der Waals surface area (Å²) in [5.74, 6) is -0.512. The van der Waals surface area contributed by atoms with Crippen LogP contribution in [0.1, 0.15) is 17.4 Å². The fraction of sp³-hybridized carbons (Fsp3) is 0.167. The normalized spacial score (nSPS) is 11.9. The van der Waals surface area contributed by atoms with Crippen LogP contribution in [0.2, 0.25) is 0 Å². The van der Waals surface area contributed by atoms with Gasteiger partial charge in [-0.1, -0.05) is 42.5 Å². The second-order valence-electron chi connectivity index (χ2n) is 5.27. The molecule has 0 aliphatic rings. The van der Waals surface area contributed by atoms with Crippen molar-refractivity contribution in [3.63, 3.8) is 0 Å². The molecule has 2 aromatic carbocycles. The molecule has 0 fully saturated rings. The van der Waals surface area contributed by atoms with Crippen LogP contribution in [-0.2, 0) is 15.5 Å². The van der Waals surface area contributed by atoms with Crippen molar-refractivity contribution in [3.8, 4) is 22.4 Å². The van der Waals surface area contributed by atoms with Gasteiger partial charge in [0.2, 0.25) is 0 Å². The fourth-order valence-corrected chi connectivity index (χ4v) is 3.30. The van der Waals surface area contributed by atoms with Gasteiger partial charge in [-0.15, -0.1) is 5.10 Å². The molecule has 1 atom stereocenters. The van der Waals surface area contributed by atoms with Crippen molar-refractivity contribution in [1.29, 1.82) is 0 Å². The first-order valence-electron chi connectivity index (χ1n) is 7.73. The summed E-state index contributed by atoms with van der Waals surface area (Å²) in [5, 5.41) is 10.4. The minimum atomic E-state index is -1.08. The summed E-state index contributed by atoms with van der Waals surface area (Å²) in [6.07, 6.45) is 1.66. The summed E-state index contributed by atoms with van der Waals surface area (Å²) in [6, 6.07) is 15.1. The number of carbonyl (C=O) groups excluding carboxylic acids is 1. The lowest BCUT2D eigenvalue weighted by molar-refractivity contribution is 0.0520. The fourth-order valence-electron chi connectivity index (χ4n) is 2.54. The number of aromatic nitrogens is 3. The number of carbonyl (C=O) groups is 1. The third kappa shape index (κ3) is 3.51. The van der Waals surface area contributed by atoms with Crippen LogP contribution in [0.4, 0.5) is 0 Å². The quantitative estimate of drug-likeness (QED) is 0.711. The van der Waals surface area contributed by atoms with E-state index in [0.29, 0.717) is 5.69 Å². The molecule has 1 heterocycles. The van der Waals surface area contributed by atoms with E-state index in [2.05, 4.69) is 15.4 Å². The molecule has 3 rings (SSSR count). The Morgan fingerprint density at radius 2 is 1.76 bits per heavy atom. The van der Waals surface area contributed by atoms with Gasteiger partial charge in [0.05, 0.1) is 17.4 Å². The van der Waals surface area contributed by atoms with E-state index in [0.717, 1.165) is 21.6 Å². The number of ether oxygens (including phenoxy) is 1. The Hall–Kier alpha value is -2.80. The van der Waals surface area contributed by atoms with Gasteiger partial charge in [0.1, 0.15) is 5.69 Å². The number of H-pyrrole nitrogens is 1. The first-order valence-corrected chi connectivity index (χ1v) is 9.28. The Morgan fingerprint density at radius 3 is 2.44 bits per heavy atom. The second-order valence-corrected chi connectivity index (χ2v) is 6.62. The van der Waals surface area contributed by atoms with E-state index in [9.17, 15) is 9.00 Å². The van der Waals surface area contributed by atoms with Crippen LogP contribution in [-0.4, -0.2) is 38.5 Å². The predicted molar refractivity (Wildman–Crippen MR) is 95.5 cm³/mol. The minimum absolute atomic E-state index is 0.157. The van der Waals surface area contributed by atoms with Gasteiger partial charge < -0.3 is 4.74 Å². The molecule has 1 aromatic heterocycles. The van der Waals surface area contributed by atoms with Crippen molar-refractivity contribution in [3.05, 3.63) is 54.2 Å². The molecule has 0 aliphatic carbocycles. The number of nitrogens with zero attached hydrogens (tertiary/aromatic N) is 2. The zero-order valence-electron chi connectivity index (χ0n) is 13.9. The van der Waals surface area contributed by atoms with Gasteiger partial charge in [-0.05, 0) is 24.1 Å². The number of esters is 1. The second kappa shape index (κ2) is 7.40. The van der Waals surface area contributed by atoms with E-state index < -0.39 is 16.8 Å². The molecule has 0 aliphatic heterocycles. The maximum absolute atomic E-state index is 11.9. The van der Waals surface area contributed by atoms with Gasteiger partial charge >= 0.3 is 5.97 Å². The molecule has 0 bridgehead atoms. The number of hydrogen-bond acceptors (Lipinski definition) is 5. The van der Waals surface area contributed by atoms with E-state index in [1.807, 2.05) is 48.5 Å².